The first-order valence-electron chi connectivity index (χ1n) is 6.99. The van der Waals surface area contributed by atoms with Crippen molar-refractivity contribution in [3.8, 4) is 0 Å². The molecule has 0 amide bonds. The van der Waals surface area contributed by atoms with E-state index in [1.807, 2.05) is 17.7 Å². The van der Waals surface area contributed by atoms with Gasteiger partial charge in [-0.25, -0.2) is 4.39 Å². The van der Waals surface area contributed by atoms with Crippen LogP contribution in [-0.4, -0.2) is 9.78 Å². The number of nitrogens with zero attached hydrogens (tertiary/aromatic N) is 2. The summed E-state index contributed by atoms with van der Waals surface area (Å²) in [4.78, 5) is 0. The summed E-state index contributed by atoms with van der Waals surface area (Å²) in [7, 11) is 0. The monoisotopic (exact) mass is 294 g/mol. The molecule has 2 nitrogen and oxygen atoms in total. The molecular weight excluding hydrogens is 275 g/mol. The van der Waals surface area contributed by atoms with Gasteiger partial charge in [0, 0.05) is 11.3 Å². The quantitative estimate of drug-likeness (QED) is 0.754. The van der Waals surface area contributed by atoms with E-state index in [0.717, 1.165) is 35.2 Å². The van der Waals surface area contributed by atoms with E-state index in [0.29, 0.717) is 12.4 Å². The lowest BCUT2D eigenvalue weighted by Gasteiger charge is -2.09. The van der Waals surface area contributed by atoms with E-state index in [-0.39, 0.29) is 5.82 Å². The number of hydrogen-bond acceptors (Lipinski definition) is 1. The fourth-order valence-electron chi connectivity index (χ4n) is 2.55. The molecule has 0 spiro atoms. The van der Waals surface area contributed by atoms with Crippen LogP contribution in [0.15, 0.2) is 18.2 Å². The van der Waals surface area contributed by atoms with Gasteiger partial charge in [0.15, 0.2) is 0 Å². The van der Waals surface area contributed by atoms with Gasteiger partial charge in [0.05, 0.1) is 18.1 Å². The Morgan fingerprint density at radius 3 is 2.55 bits per heavy atom. The lowest BCUT2D eigenvalue weighted by molar-refractivity contribution is 0.616. The van der Waals surface area contributed by atoms with Gasteiger partial charge in [0.1, 0.15) is 5.82 Å². The van der Waals surface area contributed by atoms with Crippen LogP contribution in [-0.2, 0) is 25.3 Å². The highest BCUT2D eigenvalue weighted by Crippen LogP contribution is 2.20. The van der Waals surface area contributed by atoms with Crippen LogP contribution in [0.3, 0.4) is 0 Å². The Bertz CT molecular complexity index is 605. The second-order valence-corrected chi connectivity index (χ2v) is 5.21. The van der Waals surface area contributed by atoms with Crippen LogP contribution in [0.25, 0.3) is 0 Å². The first kappa shape index (κ1) is 15.0. The van der Waals surface area contributed by atoms with Crippen molar-refractivity contribution in [1.29, 1.82) is 0 Å². The van der Waals surface area contributed by atoms with Gasteiger partial charge >= 0.3 is 0 Å². The number of aromatic nitrogens is 2. The molecule has 1 heterocycles. The molecule has 1 aromatic carbocycles. The fraction of sp³-hybridized carbons (Fsp3) is 0.438. The first-order chi connectivity index (χ1) is 9.60. The van der Waals surface area contributed by atoms with Crippen LogP contribution < -0.4 is 0 Å². The average Bonchev–Trinajstić information content (AvgIpc) is 2.78. The summed E-state index contributed by atoms with van der Waals surface area (Å²) in [5.74, 6) is 0.299. The van der Waals surface area contributed by atoms with E-state index in [4.69, 9.17) is 11.6 Å². The Morgan fingerprint density at radius 1 is 1.25 bits per heavy atom. The van der Waals surface area contributed by atoms with E-state index < -0.39 is 0 Å². The number of halogens is 2. The lowest BCUT2D eigenvalue weighted by atomic mass is 10.1. The first-order valence-corrected chi connectivity index (χ1v) is 7.52. The van der Waals surface area contributed by atoms with E-state index in [1.54, 1.807) is 6.07 Å². The van der Waals surface area contributed by atoms with Crippen molar-refractivity contribution in [1.82, 2.24) is 9.78 Å². The van der Waals surface area contributed by atoms with E-state index in [2.05, 4.69) is 18.9 Å². The summed E-state index contributed by atoms with van der Waals surface area (Å²) in [6, 6.07) is 4.89. The Kier molecular flexibility index (Phi) is 4.81. The molecule has 0 saturated carbocycles. The molecule has 108 valence electrons. The molecule has 20 heavy (non-hydrogen) atoms. The summed E-state index contributed by atoms with van der Waals surface area (Å²) < 4.78 is 15.2. The van der Waals surface area contributed by atoms with Gasteiger partial charge in [-0.15, -0.1) is 11.6 Å². The van der Waals surface area contributed by atoms with Crippen molar-refractivity contribution < 1.29 is 4.39 Å². The third kappa shape index (κ3) is 2.88. The predicted molar refractivity (Wildman–Crippen MR) is 80.8 cm³/mol. The smallest absolute Gasteiger partial charge is 0.123 e. The summed E-state index contributed by atoms with van der Waals surface area (Å²) >= 11 is 6.06. The van der Waals surface area contributed by atoms with Gasteiger partial charge in [-0.1, -0.05) is 19.9 Å². The molecule has 0 aliphatic carbocycles. The van der Waals surface area contributed by atoms with E-state index in [9.17, 15) is 4.39 Å². The Labute approximate surface area is 124 Å². The minimum Gasteiger partial charge on any atom is -0.265 e. The molecule has 0 N–H and O–H groups in total. The van der Waals surface area contributed by atoms with Crippen LogP contribution in [0.5, 0.6) is 0 Å². The van der Waals surface area contributed by atoms with Crippen LogP contribution in [0.1, 0.15) is 41.9 Å². The van der Waals surface area contributed by atoms with Gasteiger partial charge in [-0.3, -0.25) is 4.68 Å². The zero-order valence-electron chi connectivity index (χ0n) is 12.2. The van der Waals surface area contributed by atoms with Gasteiger partial charge < -0.3 is 0 Å². The minimum absolute atomic E-state index is 0.196. The van der Waals surface area contributed by atoms with Crippen molar-refractivity contribution in [3.05, 3.63) is 52.1 Å². The highest BCUT2D eigenvalue weighted by Gasteiger charge is 2.15. The molecule has 0 fully saturated rings. The summed E-state index contributed by atoms with van der Waals surface area (Å²) in [6.07, 6.45) is 1.78. The minimum atomic E-state index is -0.196. The predicted octanol–water partition coefficient (Wildman–Crippen LogP) is 4.24. The van der Waals surface area contributed by atoms with Crippen LogP contribution in [0.4, 0.5) is 4.39 Å². The van der Waals surface area contributed by atoms with Gasteiger partial charge in [0.25, 0.3) is 0 Å². The number of alkyl halides is 1. The van der Waals surface area contributed by atoms with Crippen molar-refractivity contribution in [2.45, 2.75) is 46.0 Å². The Hall–Kier alpha value is -1.35. The molecule has 0 radical (unpaired) electrons. The number of aryl methyl sites for hydroxylation is 2. The Morgan fingerprint density at radius 2 is 2.00 bits per heavy atom. The lowest BCUT2D eigenvalue weighted by Crippen LogP contribution is -2.08. The zero-order chi connectivity index (χ0) is 14.7. The van der Waals surface area contributed by atoms with Gasteiger partial charge in [0.2, 0.25) is 0 Å². The van der Waals surface area contributed by atoms with Gasteiger partial charge in [-0.05, 0) is 43.0 Å². The maximum atomic E-state index is 13.2. The second-order valence-electron chi connectivity index (χ2n) is 4.94. The molecule has 0 unspecified atom stereocenters. The third-order valence-corrected chi connectivity index (χ3v) is 3.95. The molecule has 1 aromatic heterocycles. The summed E-state index contributed by atoms with van der Waals surface area (Å²) in [5.41, 5.74) is 5.44. The van der Waals surface area contributed by atoms with Crippen LogP contribution in [0.2, 0.25) is 0 Å². The SMILES string of the molecule is CCc1nn(Cc2ccc(F)cc2C)c(CC)c1CCl. The second kappa shape index (κ2) is 6.40. The molecule has 2 rings (SSSR count). The molecule has 4 heteroatoms. The molecule has 2 aromatic rings. The van der Waals surface area contributed by atoms with Crippen LogP contribution in [0, 0.1) is 12.7 Å². The van der Waals surface area contributed by atoms with E-state index >= 15 is 0 Å². The average molecular weight is 295 g/mol. The molecule has 0 bridgehead atoms. The molecular formula is C16H20ClFN2. The summed E-state index contributed by atoms with van der Waals surface area (Å²) in [5, 5.41) is 4.67. The van der Waals surface area contributed by atoms with Crippen molar-refractivity contribution in [3.63, 3.8) is 0 Å². The number of benzene rings is 1. The van der Waals surface area contributed by atoms with Crippen molar-refractivity contribution in [2.24, 2.45) is 0 Å². The standard InChI is InChI=1S/C16H20ClFN2/c1-4-15-14(9-17)16(5-2)20(19-15)10-12-6-7-13(18)8-11(12)3/h6-8H,4-5,9-10H2,1-3H3. The number of hydrogen-bond donors (Lipinski definition) is 0. The maximum absolute atomic E-state index is 13.2. The zero-order valence-corrected chi connectivity index (χ0v) is 13.0. The number of rotatable bonds is 5. The molecule has 0 aliphatic heterocycles. The molecule has 0 saturated heterocycles. The van der Waals surface area contributed by atoms with Crippen molar-refractivity contribution >= 4 is 11.6 Å². The van der Waals surface area contributed by atoms with Crippen LogP contribution >= 0.6 is 11.6 Å². The van der Waals surface area contributed by atoms with E-state index in [1.165, 1.54) is 11.8 Å². The maximum Gasteiger partial charge on any atom is 0.123 e. The highest BCUT2D eigenvalue weighted by atomic mass is 35.5. The highest BCUT2D eigenvalue weighted by molar-refractivity contribution is 6.17. The third-order valence-electron chi connectivity index (χ3n) is 3.68. The Balaban J connectivity index is 2.40. The van der Waals surface area contributed by atoms with Gasteiger partial charge in [-0.2, -0.15) is 5.10 Å². The summed E-state index contributed by atoms with van der Waals surface area (Å²) in [6.45, 7) is 6.79. The largest absolute Gasteiger partial charge is 0.265 e. The topological polar surface area (TPSA) is 17.8 Å². The molecule has 0 aliphatic rings. The molecule has 0 atom stereocenters. The fourth-order valence-corrected chi connectivity index (χ4v) is 2.86. The van der Waals surface area contributed by atoms with Crippen molar-refractivity contribution in [2.75, 3.05) is 0 Å². The normalized spacial score (nSPS) is 11.1.